The van der Waals surface area contributed by atoms with Crippen LogP contribution in [0.15, 0.2) is 11.6 Å². The van der Waals surface area contributed by atoms with Crippen LogP contribution in [-0.4, -0.2) is 83.3 Å². The third-order valence-electron chi connectivity index (χ3n) is 11.2. The summed E-state index contributed by atoms with van der Waals surface area (Å²) < 4.78 is 0. The van der Waals surface area contributed by atoms with Crippen molar-refractivity contribution >= 4 is 5.78 Å². The maximum Gasteiger partial charge on any atom is 0.159 e. The Morgan fingerprint density at radius 1 is 1.06 bits per heavy atom. The highest BCUT2D eigenvalue weighted by atomic mass is 16.3. The van der Waals surface area contributed by atoms with E-state index in [-0.39, 0.29) is 31.1 Å². The molecule has 0 bridgehead atoms. The van der Waals surface area contributed by atoms with Crippen LogP contribution in [0.1, 0.15) is 79.6 Å². The summed E-state index contributed by atoms with van der Waals surface area (Å²) in [6, 6.07) is 0. The zero-order chi connectivity index (χ0) is 27.1. The molecule has 4 rings (SSSR count). The van der Waals surface area contributed by atoms with Crippen molar-refractivity contribution in [1.29, 1.82) is 0 Å². The van der Waals surface area contributed by atoms with Crippen molar-refractivity contribution in [3.05, 3.63) is 11.6 Å². The lowest BCUT2D eigenvalue weighted by atomic mass is 9.45. The highest BCUT2D eigenvalue weighted by Gasteiger charge is 2.69. The first-order valence-corrected chi connectivity index (χ1v) is 13.5. The van der Waals surface area contributed by atoms with E-state index in [2.05, 4.69) is 0 Å². The third kappa shape index (κ3) is 3.94. The van der Waals surface area contributed by atoms with Crippen molar-refractivity contribution in [3.8, 4) is 0 Å². The standard InChI is InChI=1S/C28H46O8/c1-24(2,34)15(14-29)10-23(33)27(5,35)22-7-9-28(36)17-11-19(30)18-12-20(31)21(32)13-25(18,3)16(17)6-8-26(22,28)4/h11,15-16,18,20-23,29,31-36H,6-10,12-14H2,1-5H3/t15-,16+,18-,20-,21+,22+,23-,25-,26-,27-,28-/m1/s1. The Labute approximate surface area is 214 Å². The topological polar surface area (TPSA) is 159 Å². The fraction of sp³-hybridized carbons (Fsp3) is 0.893. The summed E-state index contributed by atoms with van der Waals surface area (Å²) in [6.07, 6.45) is 1.02. The number of carbonyl (C=O) groups is 1. The molecule has 0 aromatic carbocycles. The highest BCUT2D eigenvalue weighted by molar-refractivity contribution is 5.95. The average Bonchev–Trinajstić information content (AvgIpc) is 3.05. The SMILES string of the molecule is CC(C)(O)[C@@H](CO)C[C@@H](O)[C@](C)(O)[C@H]1CC[C@@]2(O)C3=CC(=O)[C@H]4C[C@@H](O)[C@@H](O)C[C@]4(C)[C@H]3CC[C@]12C. The number of hydrogen-bond donors (Lipinski definition) is 7. The minimum absolute atomic E-state index is 0.00177. The summed E-state index contributed by atoms with van der Waals surface area (Å²) >= 11 is 0. The Bertz CT molecular complexity index is 908. The van der Waals surface area contributed by atoms with Gasteiger partial charge in [0.15, 0.2) is 5.78 Å². The Kier molecular flexibility index (Phi) is 6.90. The van der Waals surface area contributed by atoms with Crippen molar-refractivity contribution in [2.45, 2.75) is 115 Å². The normalized spacial score (nSPS) is 46.2. The Morgan fingerprint density at radius 2 is 1.69 bits per heavy atom. The molecular formula is C28H46O8. The summed E-state index contributed by atoms with van der Waals surface area (Å²) in [4.78, 5) is 13.3. The molecule has 36 heavy (non-hydrogen) atoms. The number of rotatable bonds is 6. The maximum atomic E-state index is 13.3. The fourth-order valence-corrected chi connectivity index (χ4v) is 8.63. The second-order valence-electron chi connectivity index (χ2n) is 13.6. The van der Waals surface area contributed by atoms with Gasteiger partial charge in [-0.1, -0.05) is 13.8 Å². The smallest absolute Gasteiger partial charge is 0.159 e. The Balaban J connectivity index is 1.66. The van der Waals surface area contributed by atoms with Crippen LogP contribution in [0.5, 0.6) is 0 Å². The van der Waals surface area contributed by atoms with E-state index in [4.69, 9.17) is 0 Å². The number of ketones is 1. The molecule has 4 aliphatic rings. The zero-order valence-electron chi connectivity index (χ0n) is 22.3. The first-order chi connectivity index (χ1) is 16.4. The molecule has 0 saturated heterocycles. The van der Waals surface area contributed by atoms with Gasteiger partial charge in [0.25, 0.3) is 0 Å². The number of fused-ring (bicyclic) bond motifs is 5. The van der Waals surface area contributed by atoms with Gasteiger partial charge in [-0.2, -0.15) is 0 Å². The molecule has 0 unspecified atom stereocenters. The molecule has 7 N–H and O–H groups in total. The van der Waals surface area contributed by atoms with Crippen molar-refractivity contribution in [2.75, 3.05) is 6.61 Å². The number of aliphatic hydroxyl groups is 7. The van der Waals surface area contributed by atoms with Crippen LogP contribution in [0.2, 0.25) is 0 Å². The van der Waals surface area contributed by atoms with E-state index in [9.17, 15) is 40.5 Å². The predicted octanol–water partition coefficient (Wildman–Crippen LogP) is 1.07. The lowest BCUT2D eigenvalue weighted by molar-refractivity contribution is -0.180. The van der Waals surface area contributed by atoms with Gasteiger partial charge in [-0.05, 0) is 94.6 Å². The van der Waals surface area contributed by atoms with Crippen molar-refractivity contribution in [2.24, 2.45) is 34.5 Å². The maximum absolute atomic E-state index is 13.3. The van der Waals surface area contributed by atoms with E-state index in [1.165, 1.54) is 0 Å². The van der Waals surface area contributed by atoms with Gasteiger partial charge < -0.3 is 35.7 Å². The van der Waals surface area contributed by atoms with Crippen LogP contribution in [-0.2, 0) is 4.79 Å². The highest BCUT2D eigenvalue weighted by Crippen LogP contribution is 2.68. The molecule has 3 fully saturated rings. The van der Waals surface area contributed by atoms with E-state index in [0.29, 0.717) is 37.7 Å². The Hall–Kier alpha value is -0.870. The molecular weight excluding hydrogens is 464 g/mol. The first kappa shape index (κ1) is 28.1. The summed E-state index contributed by atoms with van der Waals surface area (Å²) in [5.41, 5.74) is -4.89. The van der Waals surface area contributed by atoms with Crippen LogP contribution < -0.4 is 0 Å². The van der Waals surface area contributed by atoms with Gasteiger partial charge >= 0.3 is 0 Å². The molecule has 0 aromatic heterocycles. The van der Waals surface area contributed by atoms with Crippen LogP contribution in [0.25, 0.3) is 0 Å². The van der Waals surface area contributed by atoms with E-state index in [1.54, 1.807) is 26.8 Å². The molecule has 8 nitrogen and oxygen atoms in total. The van der Waals surface area contributed by atoms with Gasteiger partial charge in [0, 0.05) is 23.9 Å². The quantitative estimate of drug-likeness (QED) is 0.280. The van der Waals surface area contributed by atoms with Gasteiger partial charge in [0.1, 0.15) is 0 Å². The molecule has 206 valence electrons. The monoisotopic (exact) mass is 510 g/mol. The Morgan fingerprint density at radius 3 is 2.28 bits per heavy atom. The van der Waals surface area contributed by atoms with Crippen molar-refractivity contribution < 1.29 is 40.5 Å². The third-order valence-corrected chi connectivity index (χ3v) is 11.2. The number of allylic oxidation sites excluding steroid dienone is 1. The molecule has 0 heterocycles. The minimum atomic E-state index is -1.60. The number of carbonyl (C=O) groups excluding carboxylic acids is 1. The van der Waals surface area contributed by atoms with Crippen LogP contribution >= 0.6 is 0 Å². The van der Waals surface area contributed by atoms with Gasteiger partial charge in [0.05, 0.1) is 35.1 Å². The van der Waals surface area contributed by atoms with Gasteiger partial charge in [-0.3, -0.25) is 4.79 Å². The van der Waals surface area contributed by atoms with Crippen LogP contribution in [0.4, 0.5) is 0 Å². The molecule has 0 aromatic rings. The van der Waals surface area contributed by atoms with E-state index >= 15 is 0 Å². The van der Waals surface area contributed by atoms with Crippen molar-refractivity contribution in [3.63, 3.8) is 0 Å². The molecule has 0 aliphatic heterocycles. The van der Waals surface area contributed by atoms with Gasteiger partial charge in [-0.25, -0.2) is 0 Å². The number of aliphatic hydroxyl groups excluding tert-OH is 4. The lowest BCUT2D eigenvalue weighted by Gasteiger charge is -2.60. The van der Waals surface area contributed by atoms with Gasteiger partial charge in [0.2, 0.25) is 0 Å². The summed E-state index contributed by atoms with van der Waals surface area (Å²) in [5.74, 6) is -1.77. The van der Waals surface area contributed by atoms with Crippen LogP contribution in [0, 0.1) is 34.5 Å². The summed E-state index contributed by atoms with van der Waals surface area (Å²) in [5, 5.41) is 76.0. The van der Waals surface area contributed by atoms with E-state index in [0.717, 1.165) is 0 Å². The molecule has 0 radical (unpaired) electrons. The largest absolute Gasteiger partial charge is 0.396 e. The van der Waals surface area contributed by atoms with E-state index in [1.807, 2.05) is 13.8 Å². The second kappa shape index (κ2) is 8.83. The minimum Gasteiger partial charge on any atom is -0.396 e. The molecule has 11 atom stereocenters. The number of hydrogen-bond acceptors (Lipinski definition) is 8. The van der Waals surface area contributed by atoms with E-state index < -0.39 is 63.7 Å². The molecule has 3 saturated carbocycles. The molecule has 4 aliphatic carbocycles. The fourth-order valence-electron chi connectivity index (χ4n) is 8.63. The first-order valence-electron chi connectivity index (χ1n) is 13.5. The summed E-state index contributed by atoms with van der Waals surface area (Å²) in [6.45, 7) is 8.29. The average molecular weight is 511 g/mol. The second-order valence-corrected chi connectivity index (χ2v) is 13.6. The molecule has 8 heteroatoms. The predicted molar refractivity (Wildman–Crippen MR) is 133 cm³/mol. The molecule has 0 spiro atoms. The lowest BCUT2D eigenvalue weighted by Crippen LogP contribution is -2.63. The van der Waals surface area contributed by atoms with Crippen molar-refractivity contribution in [1.82, 2.24) is 0 Å². The van der Waals surface area contributed by atoms with Gasteiger partial charge in [-0.15, -0.1) is 0 Å². The molecule has 0 amide bonds. The van der Waals surface area contributed by atoms with Crippen LogP contribution in [0.3, 0.4) is 0 Å². The zero-order valence-corrected chi connectivity index (χ0v) is 22.3. The summed E-state index contributed by atoms with van der Waals surface area (Å²) in [7, 11) is 0.